The van der Waals surface area contributed by atoms with Crippen molar-refractivity contribution in [2.75, 3.05) is 11.9 Å². The van der Waals surface area contributed by atoms with E-state index in [1.54, 1.807) is 30.3 Å². The summed E-state index contributed by atoms with van der Waals surface area (Å²) < 4.78 is 7.37. The van der Waals surface area contributed by atoms with Gasteiger partial charge in [0.25, 0.3) is 5.56 Å². The third kappa shape index (κ3) is 4.45. The minimum atomic E-state index is -0.412. The van der Waals surface area contributed by atoms with E-state index in [0.717, 1.165) is 15.3 Å². The van der Waals surface area contributed by atoms with E-state index < -0.39 is 11.5 Å². The molecule has 4 aromatic rings. The summed E-state index contributed by atoms with van der Waals surface area (Å²) in [6.45, 7) is 3.91. The van der Waals surface area contributed by atoms with Crippen molar-refractivity contribution >= 4 is 44.7 Å². The lowest BCUT2D eigenvalue weighted by molar-refractivity contribution is -0.117. The Balaban J connectivity index is 1.71. The maximum atomic E-state index is 13.0. The van der Waals surface area contributed by atoms with Gasteiger partial charge in [-0.05, 0) is 38.1 Å². The van der Waals surface area contributed by atoms with Gasteiger partial charge in [-0.15, -0.1) is 11.3 Å². The van der Waals surface area contributed by atoms with E-state index in [0.29, 0.717) is 39.0 Å². The maximum Gasteiger partial charge on any atom is 0.294 e. The second-order valence-corrected chi connectivity index (χ2v) is 8.35. The van der Waals surface area contributed by atoms with Crippen molar-refractivity contribution in [3.05, 3.63) is 68.9 Å². The number of aromatic nitrogens is 3. The van der Waals surface area contributed by atoms with Crippen LogP contribution in [0.1, 0.15) is 11.9 Å². The first kappa shape index (κ1) is 21.0. The van der Waals surface area contributed by atoms with Gasteiger partial charge in [0.15, 0.2) is 5.52 Å². The number of hydrogen-bond acceptors (Lipinski definition) is 6. The molecule has 4 rings (SSSR count). The van der Waals surface area contributed by atoms with E-state index in [4.69, 9.17) is 16.3 Å². The van der Waals surface area contributed by atoms with Gasteiger partial charge in [-0.25, -0.2) is 9.67 Å². The largest absolute Gasteiger partial charge is 0.492 e. The van der Waals surface area contributed by atoms with Crippen molar-refractivity contribution < 1.29 is 9.53 Å². The van der Waals surface area contributed by atoms with Crippen LogP contribution in [0, 0.1) is 6.92 Å². The molecule has 0 aliphatic rings. The van der Waals surface area contributed by atoms with Gasteiger partial charge in [-0.2, -0.15) is 5.10 Å². The molecule has 0 unspecified atom stereocenters. The number of fused-ring (bicyclic) bond motifs is 1. The Morgan fingerprint density at radius 2 is 1.94 bits per heavy atom. The van der Waals surface area contributed by atoms with E-state index in [-0.39, 0.29) is 6.54 Å². The number of ether oxygens (including phenoxy) is 1. The highest BCUT2D eigenvalue weighted by atomic mass is 35.5. The Hall–Kier alpha value is -3.23. The highest BCUT2D eigenvalue weighted by molar-refractivity contribution is 7.19. The van der Waals surface area contributed by atoms with Gasteiger partial charge in [0.05, 0.1) is 22.0 Å². The number of benzene rings is 2. The minimum absolute atomic E-state index is 0.258. The van der Waals surface area contributed by atoms with Crippen molar-refractivity contribution in [2.24, 2.45) is 0 Å². The molecule has 9 heteroatoms. The number of carbonyl (C=O) groups is 1. The van der Waals surface area contributed by atoms with E-state index in [1.807, 2.05) is 32.0 Å². The molecule has 31 heavy (non-hydrogen) atoms. The maximum absolute atomic E-state index is 13.0. The molecular formula is C22H19ClN4O3S. The molecule has 0 aliphatic carbocycles. The Bertz CT molecular complexity index is 1310. The van der Waals surface area contributed by atoms with Gasteiger partial charge < -0.3 is 10.1 Å². The first-order chi connectivity index (χ1) is 15.0. The molecule has 7 nitrogen and oxygen atoms in total. The molecule has 0 fully saturated rings. The Morgan fingerprint density at radius 3 is 2.68 bits per heavy atom. The van der Waals surface area contributed by atoms with Crippen LogP contribution in [0.2, 0.25) is 5.02 Å². The number of nitrogens with zero attached hydrogens (tertiary/aromatic N) is 3. The quantitative estimate of drug-likeness (QED) is 0.463. The fourth-order valence-electron chi connectivity index (χ4n) is 3.15. The average Bonchev–Trinajstić information content (AvgIpc) is 3.14. The highest BCUT2D eigenvalue weighted by Gasteiger charge is 2.18. The monoisotopic (exact) mass is 454 g/mol. The van der Waals surface area contributed by atoms with Crippen LogP contribution in [-0.2, 0) is 11.3 Å². The standard InChI is InChI=1S/C22H19ClN4O3S/c1-3-30-17-7-5-4-6-16(17)25-18(28)12-27-22(29)20-21(31-13(2)24-20)19(26-27)14-8-10-15(23)11-9-14/h4-11H,3,12H2,1-2H3,(H,25,28). The minimum Gasteiger partial charge on any atom is -0.492 e. The Kier molecular flexibility index (Phi) is 6.01. The zero-order chi connectivity index (χ0) is 22.0. The van der Waals surface area contributed by atoms with Crippen LogP contribution in [0.15, 0.2) is 53.3 Å². The van der Waals surface area contributed by atoms with Crippen LogP contribution in [0.4, 0.5) is 5.69 Å². The lowest BCUT2D eigenvalue weighted by Gasteiger charge is -2.12. The van der Waals surface area contributed by atoms with Crippen LogP contribution in [0.3, 0.4) is 0 Å². The lowest BCUT2D eigenvalue weighted by atomic mass is 10.1. The predicted octanol–water partition coefficient (Wildman–Crippen LogP) is 4.52. The second kappa shape index (κ2) is 8.87. The summed E-state index contributed by atoms with van der Waals surface area (Å²) in [5.41, 5.74) is 1.79. The molecule has 2 heterocycles. The number of halogens is 1. The third-order valence-electron chi connectivity index (χ3n) is 4.48. The molecule has 0 radical (unpaired) electrons. The van der Waals surface area contributed by atoms with E-state index in [1.165, 1.54) is 11.3 Å². The predicted molar refractivity (Wildman–Crippen MR) is 123 cm³/mol. The summed E-state index contributed by atoms with van der Waals surface area (Å²) in [4.78, 5) is 30.1. The summed E-state index contributed by atoms with van der Waals surface area (Å²) in [7, 11) is 0. The van der Waals surface area contributed by atoms with Gasteiger partial charge in [0, 0.05) is 10.6 Å². The van der Waals surface area contributed by atoms with E-state index in [2.05, 4.69) is 15.4 Å². The zero-order valence-corrected chi connectivity index (χ0v) is 18.5. The number of para-hydroxylation sites is 2. The lowest BCUT2D eigenvalue weighted by Crippen LogP contribution is -2.30. The molecule has 0 atom stereocenters. The second-order valence-electron chi connectivity index (χ2n) is 6.71. The summed E-state index contributed by atoms with van der Waals surface area (Å²) in [6.07, 6.45) is 0. The number of amides is 1. The molecule has 158 valence electrons. The first-order valence-electron chi connectivity index (χ1n) is 9.62. The number of nitrogens with one attached hydrogen (secondary N) is 1. The topological polar surface area (TPSA) is 86.1 Å². The Morgan fingerprint density at radius 1 is 1.19 bits per heavy atom. The fraction of sp³-hybridized carbons (Fsp3) is 0.182. The van der Waals surface area contributed by atoms with Crippen LogP contribution in [0.25, 0.3) is 21.5 Å². The summed E-state index contributed by atoms with van der Waals surface area (Å²) in [6, 6.07) is 14.3. The number of hydrogen-bond donors (Lipinski definition) is 1. The number of carbonyl (C=O) groups excluding carboxylic acids is 1. The van der Waals surface area contributed by atoms with Crippen molar-refractivity contribution in [1.82, 2.24) is 14.8 Å². The molecule has 1 N–H and O–H groups in total. The molecule has 1 amide bonds. The SMILES string of the molecule is CCOc1ccccc1NC(=O)Cn1nc(-c2ccc(Cl)cc2)c2sc(C)nc2c1=O. The molecule has 2 aromatic carbocycles. The van der Waals surface area contributed by atoms with E-state index >= 15 is 0 Å². The molecule has 0 aliphatic heterocycles. The van der Waals surface area contributed by atoms with E-state index in [9.17, 15) is 9.59 Å². The van der Waals surface area contributed by atoms with Crippen LogP contribution in [-0.4, -0.2) is 27.3 Å². The number of anilines is 1. The van der Waals surface area contributed by atoms with Crippen LogP contribution in [0.5, 0.6) is 5.75 Å². The van der Waals surface area contributed by atoms with Crippen LogP contribution >= 0.6 is 22.9 Å². The highest BCUT2D eigenvalue weighted by Crippen LogP contribution is 2.30. The first-order valence-corrected chi connectivity index (χ1v) is 10.8. The average molecular weight is 455 g/mol. The van der Waals surface area contributed by atoms with Crippen molar-refractivity contribution in [1.29, 1.82) is 0 Å². The third-order valence-corrected chi connectivity index (χ3v) is 5.71. The van der Waals surface area contributed by atoms with Crippen molar-refractivity contribution in [3.63, 3.8) is 0 Å². The smallest absolute Gasteiger partial charge is 0.294 e. The number of rotatable bonds is 6. The van der Waals surface area contributed by atoms with Gasteiger partial charge in [0.2, 0.25) is 5.91 Å². The fourth-order valence-corrected chi connectivity index (χ4v) is 4.19. The molecular weight excluding hydrogens is 436 g/mol. The van der Waals surface area contributed by atoms with Crippen LogP contribution < -0.4 is 15.6 Å². The normalized spacial score (nSPS) is 10.9. The molecule has 2 aromatic heterocycles. The van der Waals surface area contributed by atoms with Gasteiger partial charge in [0.1, 0.15) is 18.0 Å². The number of thiazole rings is 1. The molecule has 0 spiro atoms. The van der Waals surface area contributed by atoms with Crippen molar-refractivity contribution in [2.45, 2.75) is 20.4 Å². The molecule has 0 bridgehead atoms. The molecule has 0 saturated carbocycles. The molecule has 0 saturated heterocycles. The van der Waals surface area contributed by atoms with Crippen molar-refractivity contribution in [3.8, 4) is 17.0 Å². The van der Waals surface area contributed by atoms with Gasteiger partial charge in [-0.3, -0.25) is 9.59 Å². The van der Waals surface area contributed by atoms with Gasteiger partial charge in [-0.1, -0.05) is 35.9 Å². The van der Waals surface area contributed by atoms with Gasteiger partial charge >= 0.3 is 0 Å². The summed E-state index contributed by atoms with van der Waals surface area (Å²) in [5.74, 6) is 0.168. The number of aryl methyl sites for hydroxylation is 1. The summed E-state index contributed by atoms with van der Waals surface area (Å²) in [5, 5.41) is 8.63. The Labute approximate surface area is 187 Å². The summed E-state index contributed by atoms with van der Waals surface area (Å²) >= 11 is 7.40. The zero-order valence-electron chi connectivity index (χ0n) is 16.9.